The molecule has 0 bridgehead atoms. The van der Waals surface area contributed by atoms with E-state index < -0.39 is 0 Å². The van der Waals surface area contributed by atoms with E-state index in [1.54, 1.807) is 0 Å². The minimum atomic E-state index is 0.0127. The van der Waals surface area contributed by atoms with E-state index in [0.717, 1.165) is 30.6 Å². The van der Waals surface area contributed by atoms with Crippen molar-refractivity contribution in [3.8, 4) is 11.8 Å². The quantitative estimate of drug-likeness (QED) is 0.695. The number of rotatable bonds is 0. The monoisotopic (exact) mass is 310 g/mol. The fourth-order valence-corrected chi connectivity index (χ4v) is 7.37. The first kappa shape index (κ1) is 14.3. The van der Waals surface area contributed by atoms with Gasteiger partial charge in [-0.25, -0.2) is 0 Å². The first-order valence-electron chi connectivity index (χ1n) is 9.53. The second-order valence-electron chi connectivity index (χ2n) is 8.76. The molecular formula is C21H26O2. The second kappa shape index (κ2) is 4.73. The molecule has 5 aliphatic rings. The number of hydrogen-bond acceptors (Lipinski definition) is 2. The van der Waals surface area contributed by atoms with Crippen LogP contribution >= 0.6 is 0 Å². The smallest absolute Gasteiger partial charge is 0.155 e. The largest absolute Gasteiger partial charge is 0.384 e. The molecule has 0 heterocycles. The molecule has 0 saturated heterocycles. The van der Waals surface area contributed by atoms with Crippen molar-refractivity contribution in [3.63, 3.8) is 0 Å². The Kier molecular flexibility index (Phi) is 2.94. The van der Waals surface area contributed by atoms with Crippen LogP contribution in [0, 0.1) is 46.3 Å². The van der Waals surface area contributed by atoms with Gasteiger partial charge in [0.15, 0.2) is 5.78 Å². The molecule has 0 amide bonds. The van der Waals surface area contributed by atoms with E-state index in [9.17, 15) is 4.79 Å². The zero-order valence-electron chi connectivity index (χ0n) is 13.8. The summed E-state index contributed by atoms with van der Waals surface area (Å²) in [5, 5.41) is 9.08. The van der Waals surface area contributed by atoms with Gasteiger partial charge < -0.3 is 5.11 Å². The first-order chi connectivity index (χ1) is 11.2. The predicted molar refractivity (Wildman–Crippen MR) is 88.3 cm³/mol. The summed E-state index contributed by atoms with van der Waals surface area (Å²) >= 11 is 0. The zero-order chi connectivity index (χ0) is 15.7. The topological polar surface area (TPSA) is 37.3 Å². The maximum Gasteiger partial charge on any atom is 0.155 e. The van der Waals surface area contributed by atoms with Gasteiger partial charge in [-0.1, -0.05) is 17.4 Å². The molecule has 5 aliphatic carbocycles. The van der Waals surface area contributed by atoms with Crippen LogP contribution < -0.4 is 0 Å². The number of ketones is 1. The summed E-state index contributed by atoms with van der Waals surface area (Å²) in [6, 6.07) is 0. The fraction of sp³-hybridized carbons (Fsp3) is 0.762. The molecule has 5 unspecified atom stereocenters. The van der Waals surface area contributed by atoms with Crippen molar-refractivity contribution in [1.82, 2.24) is 0 Å². The van der Waals surface area contributed by atoms with Crippen molar-refractivity contribution in [1.29, 1.82) is 0 Å². The maximum absolute atomic E-state index is 11.7. The van der Waals surface area contributed by atoms with Gasteiger partial charge in [0.25, 0.3) is 0 Å². The van der Waals surface area contributed by atoms with Gasteiger partial charge in [-0.3, -0.25) is 4.79 Å². The van der Waals surface area contributed by atoms with Gasteiger partial charge in [0, 0.05) is 11.8 Å². The molecule has 0 aromatic heterocycles. The number of aliphatic hydroxyl groups excluding tert-OH is 1. The van der Waals surface area contributed by atoms with Crippen LogP contribution in [0.1, 0.15) is 57.8 Å². The van der Waals surface area contributed by atoms with E-state index in [1.165, 1.54) is 50.5 Å². The van der Waals surface area contributed by atoms with E-state index in [1.807, 2.05) is 6.08 Å². The lowest BCUT2D eigenvalue weighted by atomic mass is 9.54. The van der Waals surface area contributed by atoms with Crippen LogP contribution in [0.5, 0.6) is 0 Å². The zero-order valence-corrected chi connectivity index (χ0v) is 13.8. The van der Waals surface area contributed by atoms with Crippen LogP contribution in [-0.4, -0.2) is 17.5 Å². The molecule has 122 valence electrons. The summed E-state index contributed by atoms with van der Waals surface area (Å²) in [6.45, 7) is 0.0127. The molecule has 5 rings (SSSR count). The van der Waals surface area contributed by atoms with Crippen molar-refractivity contribution in [2.24, 2.45) is 34.5 Å². The summed E-state index contributed by atoms with van der Waals surface area (Å²) < 4.78 is 0. The molecule has 2 heteroatoms. The highest BCUT2D eigenvalue weighted by molar-refractivity contribution is 5.91. The van der Waals surface area contributed by atoms with Crippen molar-refractivity contribution in [2.75, 3.05) is 6.61 Å². The van der Waals surface area contributed by atoms with Crippen LogP contribution in [0.3, 0.4) is 0 Å². The normalized spacial score (nSPS) is 49.8. The van der Waals surface area contributed by atoms with Crippen LogP contribution in [0.25, 0.3) is 0 Å². The lowest BCUT2D eigenvalue weighted by molar-refractivity contribution is -0.115. The van der Waals surface area contributed by atoms with E-state index >= 15 is 0 Å². The Morgan fingerprint density at radius 1 is 1.13 bits per heavy atom. The van der Waals surface area contributed by atoms with Gasteiger partial charge in [0.05, 0.1) is 0 Å². The lowest BCUT2D eigenvalue weighted by Gasteiger charge is -2.50. The fourth-order valence-electron chi connectivity index (χ4n) is 7.37. The Morgan fingerprint density at radius 3 is 2.91 bits per heavy atom. The summed E-state index contributed by atoms with van der Waals surface area (Å²) in [5.41, 5.74) is 2.25. The number of hydrogen-bond donors (Lipinski definition) is 1. The molecule has 2 nitrogen and oxygen atoms in total. The van der Waals surface area contributed by atoms with E-state index in [2.05, 4.69) is 11.8 Å². The van der Waals surface area contributed by atoms with E-state index in [4.69, 9.17) is 5.11 Å². The van der Waals surface area contributed by atoms with Gasteiger partial charge in [-0.15, -0.1) is 0 Å². The minimum absolute atomic E-state index is 0.0127. The Balaban J connectivity index is 1.43. The van der Waals surface area contributed by atoms with Gasteiger partial charge in [-0.2, -0.15) is 0 Å². The average molecular weight is 310 g/mol. The number of aliphatic hydroxyl groups is 1. The molecule has 0 aromatic rings. The average Bonchev–Trinajstić information content (AvgIpc) is 3.08. The first-order valence-corrected chi connectivity index (χ1v) is 9.53. The predicted octanol–water partition coefficient (Wildman–Crippen LogP) is 3.49. The van der Waals surface area contributed by atoms with Gasteiger partial charge in [0.1, 0.15) is 6.61 Å². The highest BCUT2D eigenvalue weighted by Crippen LogP contribution is 2.81. The standard InChI is InChI=1S/C21H26O2/c22-11-1-8-20-9-7-19-18-4-2-14-12-15(23)3-5-16(14)17(18)6-10-21(19,20)13-20/h12,16-19,22H,2-7,9-11,13H2/t16?,17?,18?,19?,20-,21?/m1/s1. The lowest BCUT2D eigenvalue weighted by Crippen LogP contribution is -2.42. The Morgan fingerprint density at radius 2 is 2.04 bits per heavy atom. The van der Waals surface area contributed by atoms with Gasteiger partial charge in [0.2, 0.25) is 0 Å². The number of carbonyl (C=O) groups excluding carboxylic acids is 1. The van der Waals surface area contributed by atoms with Crippen LogP contribution in [0.2, 0.25) is 0 Å². The van der Waals surface area contributed by atoms with Crippen molar-refractivity contribution >= 4 is 5.78 Å². The van der Waals surface area contributed by atoms with Crippen LogP contribution in [-0.2, 0) is 4.79 Å². The minimum Gasteiger partial charge on any atom is -0.384 e. The molecule has 0 radical (unpaired) electrons. The Bertz CT molecular complexity index is 650. The molecule has 0 aliphatic heterocycles. The number of fused-ring (bicyclic) bond motifs is 4. The molecule has 0 aromatic carbocycles. The molecule has 1 spiro atoms. The Hall–Kier alpha value is -1.07. The molecule has 1 N–H and O–H groups in total. The van der Waals surface area contributed by atoms with Crippen LogP contribution in [0.15, 0.2) is 11.6 Å². The van der Waals surface area contributed by atoms with Crippen molar-refractivity contribution < 1.29 is 9.90 Å². The molecule has 6 atom stereocenters. The summed E-state index contributed by atoms with van der Waals surface area (Å²) in [5.74, 6) is 10.1. The van der Waals surface area contributed by atoms with E-state index in [-0.39, 0.29) is 12.0 Å². The van der Waals surface area contributed by atoms with Crippen molar-refractivity contribution in [2.45, 2.75) is 57.8 Å². The van der Waals surface area contributed by atoms with E-state index in [0.29, 0.717) is 17.1 Å². The summed E-state index contributed by atoms with van der Waals surface area (Å²) in [7, 11) is 0. The molecule has 23 heavy (non-hydrogen) atoms. The third-order valence-corrected chi connectivity index (χ3v) is 8.24. The number of allylic oxidation sites excluding steroid dienone is 1. The summed E-state index contributed by atoms with van der Waals surface area (Å²) in [4.78, 5) is 11.7. The third-order valence-electron chi connectivity index (χ3n) is 8.24. The van der Waals surface area contributed by atoms with Gasteiger partial charge in [-0.05, 0) is 86.5 Å². The third kappa shape index (κ3) is 1.78. The highest BCUT2D eigenvalue weighted by atomic mass is 16.2. The SMILES string of the molecule is O=C1C=C2CCC3C(CCC45C[C@@]4(C#CCO)CCC35)C2CC1. The molecular weight excluding hydrogens is 284 g/mol. The number of carbonyl (C=O) groups is 1. The van der Waals surface area contributed by atoms with Crippen LogP contribution in [0.4, 0.5) is 0 Å². The van der Waals surface area contributed by atoms with Gasteiger partial charge >= 0.3 is 0 Å². The molecule has 4 saturated carbocycles. The van der Waals surface area contributed by atoms with Crippen molar-refractivity contribution in [3.05, 3.63) is 11.6 Å². The summed E-state index contributed by atoms with van der Waals surface area (Å²) in [6.07, 6.45) is 13.0. The maximum atomic E-state index is 11.7. The second-order valence-corrected chi connectivity index (χ2v) is 8.76. The Labute approximate surface area is 138 Å². The molecule has 4 fully saturated rings. The highest BCUT2D eigenvalue weighted by Gasteiger charge is 2.75.